The van der Waals surface area contributed by atoms with Gasteiger partial charge in [-0.1, -0.05) is 32.0 Å². The van der Waals surface area contributed by atoms with Gasteiger partial charge < -0.3 is 4.74 Å². The van der Waals surface area contributed by atoms with E-state index >= 15 is 0 Å². The molecule has 0 aliphatic heterocycles. The fourth-order valence-corrected chi connectivity index (χ4v) is 1.69. The van der Waals surface area contributed by atoms with E-state index < -0.39 is 5.82 Å². The van der Waals surface area contributed by atoms with Gasteiger partial charge in [0, 0.05) is 12.0 Å². The number of ketones is 1. The first kappa shape index (κ1) is 13.3. The molecule has 0 heterocycles. The van der Waals surface area contributed by atoms with E-state index in [-0.39, 0.29) is 17.3 Å². The maximum atomic E-state index is 13.9. The zero-order chi connectivity index (χ0) is 13.8. The first-order valence-corrected chi connectivity index (χ1v) is 6.14. The Hall–Kier alpha value is -2.16. The van der Waals surface area contributed by atoms with Gasteiger partial charge in [-0.15, -0.1) is 0 Å². The maximum absolute atomic E-state index is 13.9. The number of carbonyl (C=O) groups is 1. The van der Waals surface area contributed by atoms with Gasteiger partial charge in [0.05, 0.1) is 5.56 Å². The molecule has 0 saturated heterocycles. The molecule has 0 unspecified atom stereocenters. The van der Waals surface area contributed by atoms with Crippen molar-refractivity contribution in [3.8, 4) is 11.5 Å². The summed E-state index contributed by atoms with van der Waals surface area (Å²) in [6.45, 7) is 3.49. The normalized spacial score (nSPS) is 10.5. The Balaban J connectivity index is 2.22. The summed E-state index contributed by atoms with van der Waals surface area (Å²) < 4.78 is 19.4. The second-order valence-corrected chi connectivity index (χ2v) is 4.58. The topological polar surface area (TPSA) is 26.3 Å². The van der Waals surface area contributed by atoms with Crippen LogP contribution in [0.5, 0.6) is 11.5 Å². The number of rotatable bonds is 4. The molecule has 3 heteroatoms. The zero-order valence-corrected chi connectivity index (χ0v) is 10.9. The fourth-order valence-electron chi connectivity index (χ4n) is 1.69. The zero-order valence-electron chi connectivity index (χ0n) is 10.9. The lowest BCUT2D eigenvalue weighted by molar-refractivity contribution is 0.0935. The highest BCUT2D eigenvalue weighted by Crippen LogP contribution is 2.24. The molecule has 0 aromatic heterocycles. The lowest BCUT2D eigenvalue weighted by Crippen LogP contribution is -2.09. The molecule has 0 saturated carbocycles. The summed E-state index contributed by atoms with van der Waals surface area (Å²) in [5.41, 5.74) is 0.107. The summed E-state index contributed by atoms with van der Waals surface area (Å²) in [5.74, 6) is 0.0279. The lowest BCUT2D eigenvalue weighted by Gasteiger charge is -2.09. The van der Waals surface area contributed by atoms with Crippen molar-refractivity contribution in [1.82, 2.24) is 0 Å². The number of carbonyl (C=O) groups excluding carboxylic acids is 1. The van der Waals surface area contributed by atoms with Crippen LogP contribution in [0.2, 0.25) is 0 Å². The molecule has 0 amide bonds. The standard InChI is InChI=1S/C16H15FO2/c1-11(2)16(18)14-9-8-13(10-15(14)17)19-12-6-4-3-5-7-12/h3-11H,1-2H3. The average molecular weight is 258 g/mol. The first-order valence-electron chi connectivity index (χ1n) is 6.14. The van der Waals surface area contributed by atoms with Crippen molar-refractivity contribution in [2.24, 2.45) is 5.92 Å². The molecule has 0 bridgehead atoms. The van der Waals surface area contributed by atoms with Crippen LogP contribution in [-0.4, -0.2) is 5.78 Å². The van der Waals surface area contributed by atoms with Gasteiger partial charge in [-0.3, -0.25) is 4.79 Å². The van der Waals surface area contributed by atoms with Gasteiger partial charge in [-0.25, -0.2) is 4.39 Å². The van der Waals surface area contributed by atoms with E-state index in [1.165, 1.54) is 12.1 Å². The van der Waals surface area contributed by atoms with E-state index in [0.29, 0.717) is 11.5 Å². The summed E-state index contributed by atoms with van der Waals surface area (Å²) in [7, 11) is 0. The molecule has 0 N–H and O–H groups in total. The molecule has 0 spiro atoms. The molecule has 0 aliphatic carbocycles. The van der Waals surface area contributed by atoms with E-state index in [0.717, 1.165) is 0 Å². The molecule has 2 nitrogen and oxygen atoms in total. The van der Waals surface area contributed by atoms with E-state index in [1.54, 1.807) is 32.0 Å². The van der Waals surface area contributed by atoms with Gasteiger partial charge in [0.15, 0.2) is 5.78 Å². The third-order valence-electron chi connectivity index (χ3n) is 2.71. The van der Waals surface area contributed by atoms with Crippen LogP contribution in [0.4, 0.5) is 4.39 Å². The molecule has 2 aromatic carbocycles. The number of benzene rings is 2. The molecule has 0 fully saturated rings. The molecule has 19 heavy (non-hydrogen) atoms. The van der Waals surface area contributed by atoms with Gasteiger partial charge in [-0.05, 0) is 24.3 Å². The minimum absolute atomic E-state index is 0.107. The van der Waals surface area contributed by atoms with Crippen molar-refractivity contribution in [3.05, 3.63) is 59.9 Å². The van der Waals surface area contributed by atoms with Crippen molar-refractivity contribution < 1.29 is 13.9 Å². The highest BCUT2D eigenvalue weighted by atomic mass is 19.1. The Kier molecular flexibility index (Phi) is 3.95. The Bertz CT molecular complexity index is 577. The fraction of sp³-hybridized carbons (Fsp3) is 0.188. The number of ether oxygens (including phenoxy) is 1. The minimum Gasteiger partial charge on any atom is -0.457 e. The monoisotopic (exact) mass is 258 g/mol. The highest BCUT2D eigenvalue weighted by molar-refractivity contribution is 5.97. The Morgan fingerprint density at radius 3 is 2.32 bits per heavy atom. The predicted molar refractivity (Wildman–Crippen MR) is 72.1 cm³/mol. The number of para-hydroxylation sites is 1. The Morgan fingerprint density at radius 1 is 1.05 bits per heavy atom. The SMILES string of the molecule is CC(C)C(=O)c1ccc(Oc2ccccc2)cc1F. The van der Waals surface area contributed by atoms with Crippen LogP contribution in [0, 0.1) is 11.7 Å². The Morgan fingerprint density at radius 2 is 1.74 bits per heavy atom. The largest absolute Gasteiger partial charge is 0.457 e. The molecule has 0 aliphatic rings. The van der Waals surface area contributed by atoms with E-state index in [4.69, 9.17) is 4.74 Å². The number of Topliss-reactive ketones (excluding diaryl/α,β-unsaturated/α-hetero) is 1. The third kappa shape index (κ3) is 3.19. The van der Waals surface area contributed by atoms with E-state index in [1.807, 2.05) is 18.2 Å². The first-order chi connectivity index (χ1) is 9.08. The molecule has 98 valence electrons. The lowest BCUT2D eigenvalue weighted by atomic mass is 10.0. The van der Waals surface area contributed by atoms with Crippen molar-refractivity contribution in [2.75, 3.05) is 0 Å². The molecular formula is C16H15FO2. The van der Waals surface area contributed by atoms with Crippen LogP contribution in [-0.2, 0) is 0 Å². The van der Waals surface area contributed by atoms with Crippen LogP contribution in [0.1, 0.15) is 24.2 Å². The number of hydrogen-bond donors (Lipinski definition) is 0. The van der Waals surface area contributed by atoms with Crippen LogP contribution in [0.15, 0.2) is 48.5 Å². The van der Waals surface area contributed by atoms with E-state index in [9.17, 15) is 9.18 Å². The number of hydrogen-bond acceptors (Lipinski definition) is 2. The van der Waals surface area contributed by atoms with Crippen molar-refractivity contribution in [1.29, 1.82) is 0 Å². The van der Waals surface area contributed by atoms with Crippen molar-refractivity contribution in [3.63, 3.8) is 0 Å². The molecule has 0 atom stereocenters. The van der Waals surface area contributed by atoms with Crippen LogP contribution in [0.3, 0.4) is 0 Å². The van der Waals surface area contributed by atoms with Crippen molar-refractivity contribution >= 4 is 5.78 Å². The Labute approximate surface area is 111 Å². The second kappa shape index (κ2) is 5.65. The second-order valence-electron chi connectivity index (χ2n) is 4.58. The summed E-state index contributed by atoms with van der Waals surface area (Å²) in [5, 5.41) is 0. The molecule has 2 rings (SSSR count). The third-order valence-corrected chi connectivity index (χ3v) is 2.71. The summed E-state index contributed by atoms with van der Waals surface area (Å²) >= 11 is 0. The van der Waals surface area contributed by atoms with Gasteiger partial charge in [0.1, 0.15) is 17.3 Å². The predicted octanol–water partition coefficient (Wildman–Crippen LogP) is 4.46. The van der Waals surface area contributed by atoms with Crippen LogP contribution < -0.4 is 4.74 Å². The van der Waals surface area contributed by atoms with Gasteiger partial charge >= 0.3 is 0 Å². The minimum atomic E-state index is -0.549. The maximum Gasteiger partial charge on any atom is 0.168 e. The summed E-state index contributed by atoms with van der Waals surface area (Å²) in [4.78, 5) is 11.8. The summed E-state index contributed by atoms with van der Waals surface area (Å²) in [6.07, 6.45) is 0. The van der Waals surface area contributed by atoms with E-state index in [2.05, 4.69) is 0 Å². The molecular weight excluding hydrogens is 243 g/mol. The van der Waals surface area contributed by atoms with Gasteiger partial charge in [-0.2, -0.15) is 0 Å². The molecule has 2 aromatic rings. The smallest absolute Gasteiger partial charge is 0.168 e. The number of halogens is 1. The van der Waals surface area contributed by atoms with Gasteiger partial charge in [0.25, 0.3) is 0 Å². The quantitative estimate of drug-likeness (QED) is 0.757. The van der Waals surface area contributed by atoms with Crippen LogP contribution >= 0.6 is 0 Å². The average Bonchev–Trinajstić information content (AvgIpc) is 2.39. The van der Waals surface area contributed by atoms with Crippen LogP contribution in [0.25, 0.3) is 0 Å². The van der Waals surface area contributed by atoms with Gasteiger partial charge in [0.2, 0.25) is 0 Å². The highest BCUT2D eigenvalue weighted by Gasteiger charge is 2.15. The molecule has 0 radical (unpaired) electrons. The summed E-state index contributed by atoms with van der Waals surface area (Å²) in [6, 6.07) is 13.4. The van der Waals surface area contributed by atoms with Crippen molar-refractivity contribution in [2.45, 2.75) is 13.8 Å².